The van der Waals surface area contributed by atoms with E-state index in [1.807, 2.05) is 36.4 Å². The largest absolute Gasteiger partial charge is 0.497 e. The second kappa shape index (κ2) is 6.19. The summed E-state index contributed by atoms with van der Waals surface area (Å²) in [5, 5.41) is 3.61. The lowest BCUT2D eigenvalue weighted by atomic mass is 9.91. The average molecular weight is 283 g/mol. The van der Waals surface area contributed by atoms with Gasteiger partial charge in [-0.05, 0) is 48.7 Å². The van der Waals surface area contributed by atoms with Crippen LogP contribution in [0, 0.1) is 0 Å². The molecule has 3 nitrogen and oxygen atoms in total. The molecule has 2 atom stereocenters. The minimum absolute atomic E-state index is 0.194. The second-order valence-corrected chi connectivity index (χ2v) is 5.51. The number of benzene rings is 2. The van der Waals surface area contributed by atoms with Crippen molar-refractivity contribution in [2.24, 2.45) is 0 Å². The summed E-state index contributed by atoms with van der Waals surface area (Å²) in [7, 11) is 1.70. The maximum atomic E-state index is 5.92. The summed E-state index contributed by atoms with van der Waals surface area (Å²) >= 11 is 0. The monoisotopic (exact) mass is 283 g/mol. The summed E-state index contributed by atoms with van der Waals surface area (Å²) in [5.74, 6) is 1.80. The van der Waals surface area contributed by atoms with E-state index in [1.54, 1.807) is 7.11 Å². The van der Waals surface area contributed by atoms with Crippen LogP contribution in [0.3, 0.4) is 0 Å². The molecule has 2 aromatic carbocycles. The van der Waals surface area contributed by atoms with Crippen molar-refractivity contribution in [1.82, 2.24) is 5.32 Å². The lowest BCUT2D eigenvalue weighted by molar-refractivity contribution is 0.247. The third-order valence-corrected chi connectivity index (χ3v) is 3.90. The SMILES string of the molecule is COc1ccc2c(c1)C(COc1ccccc1)NC(C)C2. The molecule has 0 spiro atoms. The first-order valence-corrected chi connectivity index (χ1v) is 7.37. The molecule has 1 heterocycles. The molecule has 1 N–H and O–H groups in total. The van der Waals surface area contributed by atoms with Gasteiger partial charge in [0.1, 0.15) is 18.1 Å². The Morgan fingerprint density at radius 1 is 1.10 bits per heavy atom. The van der Waals surface area contributed by atoms with Crippen molar-refractivity contribution in [3.63, 3.8) is 0 Å². The zero-order valence-electron chi connectivity index (χ0n) is 12.5. The highest BCUT2D eigenvalue weighted by Gasteiger charge is 2.24. The fourth-order valence-corrected chi connectivity index (χ4v) is 2.87. The summed E-state index contributed by atoms with van der Waals surface area (Å²) in [6.07, 6.45) is 1.04. The maximum absolute atomic E-state index is 5.92. The van der Waals surface area contributed by atoms with Gasteiger partial charge < -0.3 is 14.8 Å². The van der Waals surface area contributed by atoms with E-state index in [1.165, 1.54) is 11.1 Å². The van der Waals surface area contributed by atoms with Crippen molar-refractivity contribution in [3.05, 3.63) is 59.7 Å². The number of para-hydroxylation sites is 1. The number of ether oxygens (including phenoxy) is 2. The maximum Gasteiger partial charge on any atom is 0.119 e. The average Bonchev–Trinajstić information content (AvgIpc) is 2.53. The molecule has 2 unspecified atom stereocenters. The van der Waals surface area contributed by atoms with E-state index in [-0.39, 0.29) is 6.04 Å². The van der Waals surface area contributed by atoms with Crippen molar-refractivity contribution in [3.8, 4) is 11.5 Å². The molecule has 0 amide bonds. The first kappa shape index (κ1) is 14.0. The lowest BCUT2D eigenvalue weighted by Crippen LogP contribution is -2.40. The van der Waals surface area contributed by atoms with Crippen LogP contribution >= 0.6 is 0 Å². The number of hydrogen-bond acceptors (Lipinski definition) is 3. The molecular weight excluding hydrogens is 262 g/mol. The minimum Gasteiger partial charge on any atom is -0.497 e. The van der Waals surface area contributed by atoms with Gasteiger partial charge in [0.05, 0.1) is 13.2 Å². The topological polar surface area (TPSA) is 30.5 Å². The molecule has 1 aliphatic rings. The Labute approximate surface area is 125 Å². The van der Waals surface area contributed by atoms with E-state index in [0.717, 1.165) is 17.9 Å². The smallest absolute Gasteiger partial charge is 0.119 e. The number of rotatable bonds is 4. The van der Waals surface area contributed by atoms with Crippen molar-refractivity contribution < 1.29 is 9.47 Å². The zero-order chi connectivity index (χ0) is 14.7. The fraction of sp³-hybridized carbons (Fsp3) is 0.333. The summed E-state index contributed by atoms with van der Waals surface area (Å²) in [6.45, 7) is 2.83. The van der Waals surface area contributed by atoms with Gasteiger partial charge in [0.2, 0.25) is 0 Å². The molecule has 0 saturated heterocycles. The number of methoxy groups -OCH3 is 1. The number of nitrogens with one attached hydrogen (secondary N) is 1. The van der Waals surface area contributed by atoms with Crippen LogP contribution in [-0.4, -0.2) is 19.8 Å². The van der Waals surface area contributed by atoms with Gasteiger partial charge in [-0.25, -0.2) is 0 Å². The van der Waals surface area contributed by atoms with E-state index in [0.29, 0.717) is 12.6 Å². The predicted octanol–water partition coefficient (Wildman–Crippen LogP) is 3.35. The molecule has 0 fully saturated rings. The van der Waals surface area contributed by atoms with Crippen molar-refractivity contribution >= 4 is 0 Å². The summed E-state index contributed by atoms with van der Waals surface area (Å²) in [5.41, 5.74) is 2.66. The van der Waals surface area contributed by atoms with E-state index in [4.69, 9.17) is 9.47 Å². The van der Waals surface area contributed by atoms with Gasteiger partial charge in [-0.2, -0.15) is 0 Å². The molecular formula is C18H21NO2. The Morgan fingerprint density at radius 2 is 1.90 bits per heavy atom. The molecule has 110 valence electrons. The van der Waals surface area contributed by atoms with E-state index in [2.05, 4.69) is 24.4 Å². The quantitative estimate of drug-likeness (QED) is 0.933. The van der Waals surface area contributed by atoms with Crippen LogP contribution < -0.4 is 14.8 Å². The highest BCUT2D eigenvalue weighted by Crippen LogP contribution is 2.29. The zero-order valence-corrected chi connectivity index (χ0v) is 12.5. The molecule has 0 bridgehead atoms. The van der Waals surface area contributed by atoms with E-state index in [9.17, 15) is 0 Å². The molecule has 3 heteroatoms. The Balaban J connectivity index is 1.79. The predicted molar refractivity (Wildman–Crippen MR) is 84.0 cm³/mol. The molecule has 21 heavy (non-hydrogen) atoms. The molecule has 0 radical (unpaired) electrons. The standard InChI is InChI=1S/C18H21NO2/c1-13-10-14-8-9-16(20-2)11-17(14)18(19-13)12-21-15-6-4-3-5-7-15/h3-9,11,13,18-19H,10,12H2,1-2H3. The van der Waals surface area contributed by atoms with Gasteiger partial charge >= 0.3 is 0 Å². The van der Waals surface area contributed by atoms with E-state index < -0.39 is 0 Å². The molecule has 1 aliphatic heterocycles. The van der Waals surface area contributed by atoms with Gasteiger partial charge in [0.25, 0.3) is 0 Å². The van der Waals surface area contributed by atoms with Crippen LogP contribution in [0.2, 0.25) is 0 Å². The summed E-state index contributed by atoms with van der Waals surface area (Å²) in [6, 6.07) is 16.9. The van der Waals surface area contributed by atoms with Gasteiger partial charge in [0.15, 0.2) is 0 Å². The van der Waals surface area contributed by atoms with Crippen molar-refractivity contribution in [2.45, 2.75) is 25.4 Å². The minimum atomic E-state index is 0.194. The molecule has 0 saturated carbocycles. The van der Waals surface area contributed by atoms with Gasteiger partial charge in [-0.3, -0.25) is 0 Å². The van der Waals surface area contributed by atoms with Crippen molar-refractivity contribution in [2.75, 3.05) is 13.7 Å². The van der Waals surface area contributed by atoms with Crippen LogP contribution in [0.15, 0.2) is 48.5 Å². The van der Waals surface area contributed by atoms with Gasteiger partial charge in [-0.1, -0.05) is 24.3 Å². The third-order valence-electron chi connectivity index (χ3n) is 3.90. The second-order valence-electron chi connectivity index (χ2n) is 5.51. The Bertz CT molecular complexity index is 597. The number of fused-ring (bicyclic) bond motifs is 1. The lowest BCUT2D eigenvalue weighted by Gasteiger charge is -2.31. The molecule has 3 rings (SSSR count). The van der Waals surface area contributed by atoms with Gasteiger partial charge in [0, 0.05) is 6.04 Å². The fourth-order valence-electron chi connectivity index (χ4n) is 2.87. The molecule has 0 aliphatic carbocycles. The Kier molecular flexibility index (Phi) is 4.11. The first-order valence-electron chi connectivity index (χ1n) is 7.37. The number of hydrogen-bond donors (Lipinski definition) is 1. The van der Waals surface area contributed by atoms with Crippen LogP contribution in [0.1, 0.15) is 24.1 Å². The third kappa shape index (κ3) is 3.19. The van der Waals surface area contributed by atoms with Crippen LogP contribution in [0.25, 0.3) is 0 Å². The normalized spacial score (nSPS) is 20.7. The molecule has 0 aromatic heterocycles. The van der Waals surface area contributed by atoms with Crippen LogP contribution in [0.4, 0.5) is 0 Å². The summed E-state index contributed by atoms with van der Waals surface area (Å²) in [4.78, 5) is 0. The van der Waals surface area contributed by atoms with Gasteiger partial charge in [-0.15, -0.1) is 0 Å². The van der Waals surface area contributed by atoms with Crippen LogP contribution in [0.5, 0.6) is 11.5 Å². The highest BCUT2D eigenvalue weighted by atomic mass is 16.5. The molecule has 2 aromatic rings. The first-order chi connectivity index (χ1) is 10.3. The van der Waals surface area contributed by atoms with Crippen molar-refractivity contribution in [1.29, 1.82) is 0 Å². The Hall–Kier alpha value is -2.00. The Morgan fingerprint density at radius 3 is 2.67 bits per heavy atom. The highest BCUT2D eigenvalue weighted by molar-refractivity contribution is 5.40. The summed E-state index contributed by atoms with van der Waals surface area (Å²) < 4.78 is 11.3. The van der Waals surface area contributed by atoms with Crippen LogP contribution in [-0.2, 0) is 6.42 Å². The van der Waals surface area contributed by atoms with E-state index >= 15 is 0 Å².